The summed E-state index contributed by atoms with van der Waals surface area (Å²) >= 11 is 6.01. The minimum Gasteiger partial charge on any atom is -0.463 e. The Kier molecular flexibility index (Phi) is 5.95. The van der Waals surface area contributed by atoms with Crippen molar-refractivity contribution in [2.24, 2.45) is 0 Å². The Morgan fingerprint density at radius 1 is 0.914 bits per heavy atom. The number of nitrogens with zero attached hydrogens (tertiary/aromatic N) is 1. The number of ketones is 1. The Morgan fingerprint density at radius 3 is 2.31 bits per heavy atom. The van der Waals surface area contributed by atoms with Crippen LogP contribution in [0.25, 0.3) is 39.4 Å². The van der Waals surface area contributed by atoms with E-state index in [2.05, 4.69) is 10.2 Å². The minimum absolute atomic E-state index is 0.0745. The van der Waals surface area contributed by atoms with Crippen LogP contribution in [0.2, 0.25) is 5.02 Å². The van der Waals surface area contributed by atoms with Crippen LogP contribution in [0.1, 0.15) is 15.9 Å². The third-order valence-corrected chi connectivity index (χ3v) is 5.75. The molecular weight excluding hydrogens is 464 g/mol. The minimum atomic E-state index is -0.629. The number of fused-ring (bicyclic) bond motifs is 1. The molecule has 5 rings (SSSR count). The second-order valence-electron chi connectivity index (χ2n) is 7.74. The molecule has 0 fully saturated rings. The first-order valence-electron chi connectivity index (χ1n) is 10.7. The monoisotopic (exact) mass is 480 g/mol. The lowest BCUT2D eigenvalue weighted by Gasteiger charge is -2.12. The third-order valence-electron chi connectivity index (χ3n) is 5.51. The van der Waals surface area contributed by atoms with E-state index < -0.39 is 11.3 Å². The maximum Gasteiger partial charge on any atom is 0.276 e. The zero-order valence-corrected chi connectivity index (χ0v) is 19.0. The highest BCUT2D eigenvalue weighted by Crippen LogP contribution is 2.32. The van der Waals surface area contributed by atoms with E-state index in [1.165, 1.54) is 24.5 Å². The summed E-state index contributed by atoms with van der Waals surface area (Å²) in [6.45, 7) is 0. The van der Waals surface area contributed by atoms with Gasteiger partial charge in [-0.1, -0.05) is 72.3 Å². The fourth-order valence-electron chi connectivity index (χ4n) is 3.86. The van der Waals surface area contributed by atoms with Gasteiger partial charge in [0.15, 0.2) is 11.2 Å². The second kappa shape index (κ2) is 9.37. The number of allylic oxidation sites excluding steroid dienone is 1. The Labute approximate surface area is 204 Å². The highest BCUT2D eigenvalue weighted by Gasteiger charge is 2.21. The summed E-state index contributed by atoms with van der Waals surface area (Å²) in [5.41, 5.74) is 1.78. The summed E-state index contributed by atoms with van der Waals surface area (Å²) in [5, 5.41) is 7.39. The van der Waals surface area contributed by atoms with Crippen LogP contribution >= 0.6 is 11.6 Å². The molecule has 0 aliphatic rings. The van der Waals surface area contributed by atoms with Gasteiger partial charge in [0.1, 0.15) is 11.8 Å². The Hall–Kier alpha value is -4.55. The Balaban J connectivity index is 1.65. The normalized spacial score (nSPS) is 11.2. The van der Waals surface area contributed by atoms with Gasteiger partial charge in [0.2, 0.25) is 0 Å². The molecule has 170 valence electrons. The first-order valence-corrected chi connectivity index (χ1v) is 11.1. The van der Waals surface area contributed by atoms with Crippen molar-refractivity contribution in [1.82, 2.24) is 10.2 Å². The number of aromatic amines is 1. The van der Waals surface area contributed by atoms with E-state index in [-0.39, 0.29) is 16.6 Å². The lowest BCUT2D eigenvalue weighted by Crippen LogP contribution is -2.21. The summed E-state index contributed by atoms with van der Waals surface area (Å²) in [7, 11) is 0. The second-order valence-corrected chi connectivity index (χ2v) is 8.18. The first-order chi connectivity index (χ1) is 17.0. The van der Waals surface area contributed by atoms with Gasteiger partial charge in [-0.2, -0.15) is 5.10 Å². The van der Waals surface area contributed by atoms with Crippen molar-refractivity contribution < 1.29 is 9.21 Å². The van der Waals surface area contributed by atoms with Gasteiger partial charge in [0, 0.05) is 16.1 Å². The van der Waals surface area contributed by atoms with E-state index in [1.807, 2.05) is 60.7 Å². The van der Waals surface area contributed by atoms with Crippen molar-refractivity contribution >= 4 is 34.4 Å². The number of rotatable bonds is 5. The van der Waals surface area contributed by atoms with Crippen molar-refractivity contribution in [2.75, 3.05) is 0 Å². The first kappa shape index (κ1) is 22.3. The molecule has 0 aliphatic heterocycles. The summed E-state index contributed by atoms with van der Waals surface area (Å²) in [5.74, 6) is -0.574. The number of nitrogens with one attached hydrogen (secondary N) is 1. The molecule has 0 atom stereocenters. The average molecular weight is 481 g/mol. The van der Waals surface area contributed by atoms with Crippen LogP contribution in [-0.4, -0.2) is 16.0 Å². The molecule has 35 heavy (non-hydrogen) atoms. The van der Waals surface area contributed by atoms with Gasteiger partial charge in [-0.15, -0.1) is 0 Å². The van der Waals surface area contributed by atoms with Gasteiger partial charge in [-0.25, -0.2) is 5.10 Å². The van der Waals surface area contributed by atoms with Crippen LogP contribution < -0.4 is 11.0 Å². The molecule has 6 nitrogen and oxygen atoms in total. The van der Waals surface area contributed by atoms with Gasteiger partial charge in [-0.05, 0) is 35.9 Å². The topological polar surface area (TPSA) is 93.0 Å². The molecule has 0 saturated heterocycles. The molecule has 0 saturated carbocycles. The predicted molar refractivity (Wildman–Crippen MR) is 137 cm³/mol. The molecule has 0 spiro atoms. The number of carbonyl (C=O) groups excluding carboxylic acids is 1. The summed E-state index contributed by atoms with van der Waals surface area (Å²) in [4.78, 5) is 39.1. The predicted octanol–water partition coefficient (Wildman–Crippen LogP) is 5.76. The SMILES string of the molecule is O=C(/C=C/c1coc2ccc(Cl)cc2c1=O)c1c(-c2ccccc2)c(-c2ccccc2)n[nH]c1=O. The summed E-state index contributed by atoms with van der Waals surface area (Å²) in [6.07, 6.45) is 3.80. The van der Waals surface area contributed by atoms with Crippen LogP contribution in [0.5, 0.6) is 0 Å². The number of aromatic nitrogens is 2. The molecule has 2 heterocycles. The molecule has 0 aliphatic carbocycles. The van der Waals surface area contributed by atoms with Gasteiger partial charge < -0.3 is 4.42 Å². The van der Waals surface area contributed by atoms with E-state index in [1.54, 1.807) is 12.1 Å². The number of halogens is 1. The van der Waals surface area contributed by atoms with Crippen molar-refractivity contribution in [1.29, 1.82) is 0 Å². The maximum absolute atomic E-state index is 13.4. The number of hydrogen-bond donors (Lipinski definition) is 1. The third kappa shape index (κ3) is 4.35. The highest BCUT2D eigenvalue weighted by atomic mass is 35.5. The number of H-pyrrole nitrogens is 1. The molecule has 0 unspecified atom stereocenters. The molecule has 3 aromatic carbocycles. The van der Waals surface area contributed by atoms with Crippen LogP contribution in [0.15, 0.2) is 105 Å². The zero-order valence-electron chi connectivity index (χ0n) is 18.2. The molecule has 0 amide bonds. The van der Waals surface area contributed by atoms with Crippen molar-refractivity contribution in [2.45, 2.75) is 0 Å². The lowest BCUT2D eigenvalue weighted by atomic mass is 9.93. The van der Waals surface area contributed by atoms with E-state index in [9.17, 15) is 14.4 Å². The van der Waals surface area contributed by atoms with Crippen molar-refractivity contribution in [3.05, 3.63) is 128 Å². The Bertz CT molecular complexity index is 1710. The van der Waals surface area contributed by atoms with Gasteiger partial charge >= 0.3 is 0 Å². The molecule has 2 aromatic heterocycles. The standard InChI is InChI=1S/C28H17ClN2O4/c29-20-12-14-23-21(15-20)27(33)19(16-35-23)11-13-22(32)25-24(17-7-3-1-4-8-17)26(30-31-28(25)34)18-9-5-2-6-10-18/h1-16H,(H,31,34)/b13-11+. The zero-order chi connectivity index (χ0) is 24.4. The fourth-order valence-corrected chi connectivity index (χ4v) is 4.03. The van der Waals surface area contributed by atoms with Crippen molar-refractivity contribution in [3.63, 3.8) is 0 Å². The average Bonchev–Trinajstić information content (AvgIpc) is 2.89. The number of hydrogen-bond acceptors (Lipinski definition) is 5. The smallest absolute Gasteiger partial charge is 0.276 e. The number of benzene rings is 3. The van der Waals surface area contributed by atoms with Gasteiger partial charge in [-0.3, -0.25) is 14.4 Å². The summed E-state index contributed by atoms with van der Waals surface area (Å²) < 4.78 is 5.51. The lowest BCUT2D eigenvalue weighted by molar-refractivity contribution is 0.104. The highest BCUT2D eigenvalue weighted by molar-refractivity contribution is 6.31. The largest absolute Gasteiger partial charge is 0.463 e. The van der Waals surface area contributed by atoms with Gasteiger partial charge in [0.05, 0.1) is 22.2 Å². The van der Waals surface area contributed by atoms with E-state index >= 15 is 0 Å². The van der Waals surface area contributed by atoms with E-state index in [4.69, 9.17) is 16.0 Å². The molecule has 0 bridgehead atoms. The molecule has 5 aromatic rings. The number of carbonyl (C=O) groups is 1. The molecule has 0 radical (unpaired) electrons. The molecular formula is C28H17ClN2O4. The van der Waals surface area contributed by atoms with Gasteiger partial charge in [0.25, 0.3) is 5.56 Å². The van der Waals surface area contributed by atoms with Crippen molar-refractivity contribution in [3.8, 4) is 22.4 Å². The Morgan fingerprint density at radius 2 is 1.60 bits per heavy atom. The van der Waals surface area contributed by atoms with Crippen LogP contribution in [0, 0.1) is 0 Å². The molecule has 7 heteroatoms. The van der Waals surface area contributed by atoms with Crippen LogP contribution in [0.4, 0.5) is 0 Å². The fraction of sp³-hybridized carbons (Fsp3) is 0. The van der Waals surface area contributed by atoms with Crippen LogP contribution in [-0.2, 0) is 0 Å². The van der Waals surface area contributed by atoms with Crippen LogP contribution in [0.3, 0.4) is 0 Å². The maximum atomic E-state index is 13.4. The van der Waals surface area contributed by atoms with E-state index in [0.29, 0.717) is 32.8 Å². The van der Waals surface area contributed by atoms with E-state index in [0.717, 1.165) is 5.56 Å². The molecule has 1 N–H and O–H groups in total. The summed E-state index contributed by atoms with van der Waals surface area (Å²) in [6, 6.07) is 23.1. The quantitative estimate of drug-likeness (QED) is 0.255.